The molecule has 0 unspecified atom stereocenters. The number of sulfonamides is 1. The molecule has 0 atom stereocenters. The Morgan fingerprint density at radius 2 is 2.25 bits per heavy atom. The summed E-state index contributed by atoms with van der Waals surface area (Å²) in [4.78, 5) is 11.3. The van der Waals surface area contributed by atoms with E-state index in [-0.39, 0.29) is 6.61 Å². The molecule has 0 saturated heterocycles. The van der Waals surface area contributed by atoms with Crippen LogP contribution in [0.15, 0.2) is 18.2 Å². The lowest BCUT2D eigenvalue weighted by molar-refractivity contribution is -0.139. The maximum atomic E-state index is 11.9. The summed E-state index contributed by atoms with van der Waals surface area (Å²) in [7, 11) is -3.73. The molecule has 1 aromatic rings. The standard InChI is InChI=1S/C13H18N2O4S/c1-2-19-13(16)9-20(17,18)15-12-5-3-4-10-8-14-7-6-11(10)12/h3-5,14-15H,2,6-9H2,1H3. The van der Waals surface area contributed by atoms with Crippen molar-refractivity contribution < 1.29 is 17.9 Å². The van der Waals surface area contributed by atoms with Gasteiger partial charge in [-0.1, -0.05) is 12.1 Å². The largest absolute Gasteiger partial charge is 0.465 e. The van der Waals surface area contributed by atoms with E-state index in [1.807, 2.05) is 6.07 Å². The Balaban J connectivity index is 2.15. The molecule has 1 aromatic carbocycles. The zero-order chi connectivity index (χ0) is 14.6. The number of nitrogens with one attached hydrogen (secondary N) is 2. The Morgan fingerprint density at radius 3 is 3.00 bits per heavy atom. The fraction of sp³-hybridized carbons (Fsp3) is 0.462. The number of anilines is 1. The van der Waals surface area contributed by atoms with Gasteiger partial charge in [0.25, 0.3) is 0 Å². The second kappa shape index (κ2) is 6.23. The highest BCUT2D eigenvalue weighted by molar-refractivity contribution is 7.93. The lowest BCUT2D eigenvalue weighted by Crippen LogP contribution is -2.27. The van der Waals surface area contributed by atoms with Crippen LogP contribution in [0.5, 0.6) is 0 Å². The highest BCUT2D eigenvalue weighted by Crippen LogP contribution is 2.24. The average molecular weight is 298 g/mol. The van der Waals surface area contributed by atoms with Crippen LogP contribution in [0.25, 0.3) is 0 Å². The minimum absolute atomic E-state index is 0.167. The highest BCUT2D eigenvalue weighted by Gasteiger charge is 2.20. The minimum atomic E-state index is -3.73. The van der Waals surface area contributed by atoms with Crippen LogP contribution in [0.4, 0.5) is 5.69 Å². The third-order valence-electron chi connectivity index (χ3n) is 3.02. The summed E-state index contributed by atoms with van der Waals surface area (Å²) < 4.78 is 31.0. The Kier molecular flexibility index (Phi) is 4.61. The van der Waals surface area contributed by atoms with Gasteiger partial charge in [-0.25, -0.2) is 8.42 Å². The smallest absolute Gasteiger partial charge is 0.323 e. The van der Waals surface area contributed by atoms with Crippen molar-refractivity contribution in [3.05, 3.63) is 29.3 Å². The fourth-order valence-corrected chi connectivity index (χ4v) is 3.18. The second-order valence-corrected chi connectivity index (χ2v) is 6.26. The van der Waals surface area contributed by atoms with Crippen LogP contribution in [-0.2, 0) is 32.5 Å². The van der Waals surface area contributed by atoms with Crippen molar-refractivity contribution >= 4 is 21.7 Å². The van der Waals surface area contributed by atoms with Gasteiger partial charge in [0, 0.05) is 6.54 Å². The predicted octanol–water partition coefficient (Wildman–Crippen LogP) is 0.637. The summed E-state index contributed by atoms with van der Waals surface area (Å²) in [5, 5.41) is 3.23. The first-order valence-electron chi connectivity index (χ1n) is 6.49. The molecule has 1 heterocycles. The molecule has 0 radical (unpaired) electrons. The van der Waals surface area contributed by atoms with Crippen LogP contribution < -0.4 is 10.0 Å². The van der Waals surface area contributed by atoms with Gasteiger partial charge in [-0.3, -0.25) is 9.52 Å². The molecular formula is C13H18N2O4S. The van der Waals surface area contributed by atoms with Crippen LogP contribution in [0.2, 0.25) is 0 Å². The van der Waals surface area contributed by atoms with E-state index in [0.717, 1.165) is 30.6 Å². The number of ether oxygens (including phenoxy) is 1. The minimum Gasteiger partial charge on any atom is -0.465 e. The normalized spacial score (nSPS) is 14.4. The zero-order valence-corrected chi connectivity index (χ0v) is 12.1. The number of carbonyl (C=O) groups is 1. The van der Waals surface area contributed by atoms with E-state index < -0.39 is 21.7 Å². The van der Waals surface area contributed by atoms with Crippen molar-refractivity contribution in [3.63, 3.8) is 0 Å². The molecule has 1 aliphatic rings. The molecule has 20 heavy (non-hydrogen) atoms. The van der Waals surface area contributed by atoms with Crippen LogP contribution in [0, 0.1) is 0 Å². The van der Waals surface area contributed by atoms with Crippen molar-refractivity contribution in [3.8, 4) is 0 Å². The Hall–Kier alpha value is -1.60. The van der Waals surface area contributed by atoms with Gasteiger partial charge in [0.15, 0.2) is 5.75 Å². The van der Waals surface area contributed by atoms with Crippen molar-refractivity contribution in [2.24, 2.45) is 0 Å². The molecule has 0 spiro atoms. The second-order valence-electron chi connectivity index (χ2n) is 4.54. The molecular weight excluding hydrogens is 280 g/mol. The molecule has 2 rings (SSSR count). The van der Waals surface area contributed by atoms with Gasteiger partial charge in [0.1, 0.15) is 0 Å². The fourth-order valence-electron chi connectivity index (χ4n) is 2.19. The van der Waals surface area contributed by atoms with Gasteiger partial charge >= 0.3 is 5.97 Å². The lowest BCUT2D eigenvalue weighted by Gasteiger charge is -2.20. The first kappa shape index (κ1) is 14.8. The summed E-state index contributed by atoms with van der Waals surface area (Å²) in [5.74, 6) is -1.41. The van der Waals surface area contributed by atoms with E-state index in [1.54, 1.807) is 19.1 Å². The van der Waals surface area contributed by atoms with Gasteiger partial charge in [-0.15, -0.1) is 0 Å². The lowest BCUT2D eigenvalue weighted by atomic mass is 9.99. The molecule has 0 aliphatic carbocycles. The van der Waals surface area contributed by atoms with E-state index in [2.05, 4.69) is 14.8 Å². The molecule has 0 saturated carbocycles. The Labute approximate surface area is 118 Å². The molecule has 1 aliphatic heterocycles. The van der Waals surface area contributed by atoms with Crippen LogP contribution in [0.3, 0.4) is 0 Å². The molecule has 110 valence electrons. The van der Waals surface area contributed by atoms with Gasteiger partial charge in [-0.05, 0) is 37.1 Å². The number of esters is 1. The van der Waals surface area contributed by atoms with Crippen molar-refractivity contribution in [1.29, 1.82) is 0 Å². The first-order valence-corrected chi connectivity index (χ1v) is 8.14. The van der Waals surface area contributed by atoms with Crippen molar-refractivity contribution in [1.82, 2.24) is 5.32 Å². The predicted molar refractivity (Wildman–Crippen MR) is 75.9 cm³/mol. The third kappa shape index (κ3) is 3.71. The van der Waals surface area contributed by atoms with Crippen molar-refractivity contribution in [2.75, 3.05) is 23.6 Å². The van der Waals surface area contributed by atoms with Crippen molar-refractivity contribution in [2.45, 2.75) is 19.9 Å². The molecule has 0 aromatic heterocycles. The average Bonchev–Trinajstić information content (AvgIpc) is 2.38. The summed E-state index contributed by atoms with van der Waals surface area (Å²) in [6, 6.07) is 5.48. The van der Waals surface area contributed by atoms with Gasteiger partial charge in [-0.2, -0.15) is 0 Å². The maximum Gasteiger partial charge on any atom is 0.323 e. The Morgan fingerprint density at radius 1 is 1.45 bits per heavy atom. The number of hydrogen-bond donors (Lipinski definition) is 2. The van der Waals surface area contributed by atoms with Gasteiger partial charge < -0.3 is 10.1 Å². The maximum absolute atomic E-state index is 11.9. The van der Waals surface area contributed by atoms with Crippen LogP contribution >= 0.6 is 0 Å². The number of fused-ring (bicyclic) bond motifs is 1. The summed E-state index contributed by atoms with van der Waals surface area (Å²) in [6.07, 6.45) is 0.757. The number of carbonyl (C=O) groups excluding carboxylic acids is 1. The molecule has 0 amide bonds. The Bertz CT molecular complexity index is 598. The third-order valence-corrected chi connectivity index (χ3v) is 4.17. The molecule has 7 heteroatoms. The number of hydrogen-bond acceptors (Lipinski definition) is 5. The first-order chi connectivity index (χ1) is 9.52. The zero-order valence-electron chi connectivity index (χ0n) is 11.3. The SMILES string of the molecule is CCOC(=O)CS(=O)(=O)Nc1cccc2c1CCNC2. The summed E-state index contributed by atoms with van der Waals surface area (Å²) >= 11 is 0. The quantitative estimate of drug-likeness (QED) is 0.779. The molecule has 0 bridgehead atoms. The van der Waals surface area contributed by atoms with Gasteiger partial charge in [0.2, 0.25) is 10.0 Å². The summed E-state index contributed by atoms with van der Waals surface area (Å²) in [5.41, 5.74) is 2.61. The van der Waals surface area contributed by atoms with E-state index in [0.29, 0.717) is 5.69 Å². The van der Waals surface area contributed by atoms with Gasteiger partial charge in [0.05, 0.1) is 12.3 Å². The highest BCUT2D eigenvalue weighted by atomic mass is 32.2. The van der Waals surface area contributed by atoms with E-state index in [1.165, 1.54) is 0 Å². The van der Waals surface area contributed by atoms with E-state index in [9.17, 15) is 13.2 Å². The topological polar surface area (TPSA) is 84.5 Å². The molecule has 6 nitrogen and oxygen atoms in total. The van der Waals surface area contributed by atoms with Crippen LogP contribution in [0.1, 0.15) is 18.1 Å². The number of rotatable bonds is 5. The monoisotopic (exact) mass is 298 g/mol. The van der Waals surface area contributed by atoms with E-state index in [4.69, 9.17) is 0 Å². The molecule has 0 fully saturated rings. The number of benzene rings is 1. The molecule has 2 N–H and O–H groups in total. The summed E-state index contributed by atoms with van der Waals surface area (Å²) in [6.45, 7) is 3.34. The van der Waals surface area contributed by atoms with Crippen LogP contribution in [-0.4, -0.2) is 33.3 Å². The van der Waals surface area contributed by atoms with E-state index >= 15 is 0 Å².